The first-order valence-electron chi connectivity index (χ1n) is 8.67. The highest BCUT2D eigenvalue weighted by Gasteiger charge is 2.27. The van der Waals surface area contributed by atoms with E-state index in [0.717, 1.165) is 5.56 Å². The Balaban J connectivity index is 1.73. The quantitative estimate of drug-likeness (QED) is 0.657. The molecular weight excluding hydrogens is 364 g/mol. The van der Waals surface area contributed by atoms with Crippen molar-refractivity contribution >= 4 is 15.7 Å². The highest BCUT2D eigenvalue weighted by atomic mass is 32.2. The van der Waals surface area contributed by atoms with Crippen molar-refractivity contribution in [3.8, 4) is 11.9 Å². The molecule has 0 amide bonds. The third kappa shape index (κ3) is 4.70. The summed E-state index contributed by atoms with van der Waals surface area (Å²) in [5.74, 6) is 0.189. The molecule has 8 heteroatoms. The Morgan fingerprint density at radius 3 is 2.81 bits per heavy atom. The van der Waals surface area contributed by atoms with Crippen LogP contribution >= 0.6 is 0 Å². The molecule has 142 valence electrons. The fourth-order valence-corrected chi connectivity index (χ4v) is 4.63. The average Bonchev–Trinajstić information content (AvgIpc) is 3.08. The molecule has 2 aromatic rings. The summed E-state index contributed by atoms with van der Waals surface area (Å²) in [6.45, 7) is 3.17. The van der Waals surface area contributed by atoms with Crippen molar-refractivity contribution in [2.24, 2.45) is 0 Å². The molecule has 0 saturated carbocycles. The van der Waals surface area contributed by atoms with Gasteiger partial charge in [-0.2, -0.15) is 5.26 Å². The fourth-order valence-electron chi connectivity index (χ4n) is 3.10. The van der Waals surface area contributed by atoms with Crippen LogP contribution in [0.15, 0.2) is 47.4 Å². The zero-order valence-electron chi connectivity index (χ0n) is 15.0. The number of aromatic hydroxyl groups is 1. The molecule has 1 aliphatic rings. The topological polar surface area (TPSA) is 105 Å². The Kier molecular flexibility index (Phi) is 5.54. The highest BCUT2D eigenvalue weighted by molar-refractivity contribution is 7.89. The summed E-state index contributed by atoms with van der Waals surface area (Å²) < 4.78 is 28.3. The number of sulfonamides is 1. The molecule has 1 heterocycles. The number of phenols is 1. The maximum atomic E-state index is 12.8. The van der Waals surface area contributed by atoms with E-state index in [0.29, 0.717) is 37.3 Å². The Bertz CT molecular complexity index is 969. The molecule has 27 heavy (non-hydrogen) atoms. The second-order valence-electron chi connectivity index (χ2n) is 6.66. The number of nitrogens with zero attached hydrogens (tertiary/aromatic N) is 2. The lowest BCUT2D eigenvalue weighted by molar-refractivity contribution is 0.470. The Morgan fingerprint density at radius 1 is 1.30 bits per heavy atom. The van der Waals surface area contributed by atoms with E-state index in [1.807, 2.05) is 18.3 Å². The minimum Gasteiger partial charge on any atom is -0.508 e. The molecule has 0 spiro atoms. The Morgan fingerprint density at radius 2 is 2.11 bits per heavy atom. The van der Waals surface area contributed by atoms with Crippen LogP contribution in [0.25, 0.3) is 0 Å². The van der Waals surface area contributed by atoms with Gasteiger partial charge in [0, 0.05) is 31.4 Å². The van der Waals surface area contributed by atoms with Crippen molar-refractivity contribution in [1.29, 1.82) is 5.26 Å². The summed E-state index contributed by atoms with van der Waals surface area (Å²) in [4.78, 5) is 1.77. The molecule has 3 rings (SSSR count). The molecular formula is C19H22N4O3S. The maximum absolute atomic E-state index is 12.8. The number of hydrogen-bond acceptors (Lipinski definition) is 6. The first-order valence-corrected chi connectivity index (χ1v) is 10.1. The zero-order valence-corrected chi connectivity index (χ0v) is 15.8. The van der Waals surface area contributed by atoms with Crippen molar-refractivity contribution in [3.05, 3.63) is 53.6 Å². The predicted octanol–water partition coefficient (Wildman–Crippen LogP) is 2.15. The number of benzene rings is 2. The van der Waals surface area contributed by atoms with E-state index in [4.69, 9.17) is 5.26 Å². The molecule has 0 aromatic heterocycles. The van der Waals surface area contributed by atoms with Gasteiger partial charge in [0.2, 0.25) is 10.0 Å². The number of rotatable bonds is 6. The largest absolute Gasteiger partial charge is 0.508 e. The maximum Gasteiger partial charge on any atom is 0.241 e. The van der Waals surface area contributed by atoms with Crippen molar-refractivity contribution in [3.63, 3.8) is 0 Å². The van der Waals surface area contributed by atoms with E-state index in [-0.39, 0.29) is 16.7 Å². The van der Waals surface area contributed by atoms with Gasteiger partial charge in [-0.25, -0.2) is 13.1 Å². The smallest absolute Gasteiger partial charge is 0.241 e. The number of hydrogen-bond donors (Lipinski definition) is 3. The van der Waals surface area contributed by atoms with E-state index < -0.39 is 10.0 Å². The van der Waals surface area contributed by atoms with Crippen LogP contribution in [0.2, 0.25) is 0 Å². The van der Waals surface area contributed by atoms with E-state index in [1.54, 1.807) is 42.2 Å². The van der Waals surface area contributed by atoms with Crippen LogP contribution < -0.4 is 10.0 Å². The third-order valence-corrected chi connectivity index (χ3v) is 6.20. The summed E-state index contributed by atoms with van der Waals surface area (Å²) in [5, 5.41) is 21.6. The van der Waals surface area contributed by atoms with Crippen molar-refractivity contribution < 1.29 is 13.5 Å². The summed E-state index contributed by atoms with van der Waals surface area (Å²) in [7, 11) is -3.68. The highest BCUT2D eigenvalue weighted by Crippen LogP contribution is 2.22. The van der Waals surface area contributed by atoms with Crippen molar-refractivity contribution in [1.82, 2.24) is 9.62 Å². The van der Waals surface area contributed by atoms with Gasteiger partial charge < -0.3 is 15.3 Å². The van der Waals surface area contributed by atoms with Gasteiger partial charge in [-0.05, 0) is 48.7 Å². The molecule has 1 aliphatic heterocycles. The fraction of sp³-hybridized carbons (Fsp3) is 0.316. The number of nitriles is 1. The Hall–Kier alpha value is -2.76. The number of aryl methyl sites for hydroxylation is 1. The molecule has 1 atom stereocenters. The lowest BCUT2D eigenvalue weighted by atomic mass is 10.2. The molecule has 7 nitrogen and oxygen atoms in total. The first-order chi connectivity index (χ1) is 12.9. The van der Waals surface area contributed by atoms with Gasteiger partial charge >= 0.3 is 0 Å². The van der Waals surface area contributed by atoms with Gasteiger partial charge in [0.05, 0.1) is 4.90 Å². The number of phenolic OH excluding ortho intramolecular Hbond substituents is 1. The van der Waals surface area contributed by atoms with Crippen LogP contribution in [0, 0.1) is 18.4 Å². The summed E-state index contributed by atoms with van der Waals surface area (Å²) in [6, 6.07) is 11.8. The van der Waals surface area contributed by atoms with Gasteiger partial charge in [0.15, 0.2) is 6.19 Å². The zero-order chi connectivity index (χ0) is 19.4. The molecule has 3 N–H and O–H groups in total. The molecule has 1 fully saturated rings. The minimum atomic E-state index is -3.68. The minimum absolute atomic E-state index is 0.189. The van der Waals surface area contributed by atoms with Gasteiger partial charge in [-0.1, -0.05) is 18.2 Å². The predicted molar refractivity (Wildman–Crippen MR) is 103 cm³/mol. The Labute approximate surface area is 159 Å². The SMILES string of the molecule is Cc1ccc(NCc2cccc(O)c2)cc1S(=O)(=O)N[C@@H]1CCN(C#N)C1. The summed E-state index contributed by atoms with van der Waals surface area (Å²) in [6.07, 6.45) is 2.66. The molecule has 0 radical (unpaired) electrons. The lowest BCUT2D eigenvalue weighted by Crippen LogP contribution is -2.36. The second kappa shape index (κ2) is 7.86. The third-order valence-electron chi connectivity index (χ3n) is 4.54. The normalized spacial score (nSPS) is 16.9. The first kappa shape index (κ1) is 19.0. The van der Waals surface area contributed by atoms with Gasteiger partial charge in [0.25, 0.3) is 0 Å². The van der Waals surface area contributed by atoms with E-state index in [1.165, 1.54) is 0 Å². The molecule has 0 unspecified atom stereocenters. The molecule has 2 aromatic carbocycles. The van der Waals surface area contributed by atoms with Crippen molar-refractivity contribution in [2.75, 3.05) is 18.4 Å². The molecule has 1 saturated heterocycles. The monoisotopic (exact) mass is 386 g/mol. The summed E-state index contributed by atoms with van der Waals surface area (Å²) >= 11 is 0. The standard InChI is InChI=1S/C19H22N4O3S/c1-14-5-6-16(21-11-15-3-2-4-18(24)9-15)10-19(14)27(25,26)22-17-7-8-23(12-17)13-20/h2-6,9-10,17,21-22,24H,7-8,11-12H2,1H3/t17-/m1/s1. The van der Waals surface area contributed by atoms with Crippen LogP contribution in [-0.2, 0) is 16.6 Å². The number of nitrogens with one attached hydrogen (secondary N) is 2. The van der Waals surface area contributed by atoms with E-state index in [2.05, 4.69) is 10.0 Å². The second-order valence-corrected chi connectivity index (χ2v) is 8.34. The summed E-state index contributed by atoms with van der Waals surface area (Å²) in [5.41, 5.74) is 2.22. The van der Waals surface area contributed by atoms with Crippen LogP contribution in [0.1, 0.15) is 17.5 Å². The van der Waals surface area contributed by atoms with Gasteiger partial charge in [0.1, 0.15) is 5.75 Å². The number of anilines is 1. The number of likely N-dealkylation sites (tertiary alicyclic amines) is 1. The van der Waals surface area contributed by atoms with Crippen molar-refractivity contribution in [2.45, 2.75) is 30.8 Å². The van der Waals surface area contributed by atoms with Crippen LogP contribution in [0.3, 0.4) is 0 Å². The van der Waals surface area contributed by atoms with E-state index >= 15 is 0 Å². The van der Waals surface area contributed by atoms with Gasteiger partial charge in [-0.15, -0.1) is 0 Å². The molecule has 0 bridgehead atoms. The molecule has 0 aliphatic carbocycles. The van der Waals surface area contributed by atoms with Crippen LogP contribution in [0.5, 0.6) is 5.75 Å². The van der Waals surface area contributed by atoms with Crippen LogP contribution in [0.4, 0.5) is 5.69 Å². The average molecular weight is 386 g/mol. The van der Waals surface area contributed by atoms with Crippen LogP contribution in [-0.4, -0.2) is 37.6 Å². The lowest BCUT2D eigenvalue weighted by Gasteiger charge is -2.16. The van der Waals surface area contributed by atoms with Gasteiger partial charge in [-0.3, -0.25) is 0 Å². The van der Waals surface area contributed by atoms with E-state index in [9.17, 15) is 13.5 Å².